The Morgan fingerprint density at radius 1 is 1.42 bits per heavy atom. The molecule has 2 fully saturated rings. The number of hydrogen-bond acceptors (Lipinski definition) is 3. The number of nitrogens with two attached hydrogens (primary N) is 1. The zero-order valence-electron chi connectivity index (χ0n) is 11.3. The fourth-order valence-electron chi connectivity index (χ4n) is 3.74. The summed E-state index contributed by atoms with van der Waals surface area (Å²) in [7, 11) is 0. The summed E-state index contributed by atoms with van der Waals surface area (Å²) in [6, 6.07) is 5.75. The first-order valence-electron chi connectivity index (χ1n) is 7.13. The van der Waals surface area contributed by atoms with Gasteiger partial charge < -0.3 is 11.1 Å². The summed E-state index contributed by atoms with van der Waals surface area (Å²) in [5.41, 5.74) is 7.10. The molecule has 3 rings (SSSR count). The molecule has 2 aliphatic carbocycles. The highest BCUT2D eigenvalue weighted by Crippen LogP contribution is 2.47. The van der Waals surface area contributed by atoms with E-state index in [9.17, 15) is 4.79 Å². The van der Waals surface area contributed by atoms with Gasteiger partial charge in [0.1, 0.15) is 0 Å². The molecule has 102 valence electrons. The molecular formula is C15H21N3O. The Hall–Kier alpha value is -1.42. The number of pyridine rings is 1. The highest BCUT2D eigenvalue weighted by Gasteiger charge is 2.49. The fraction of sp³-hybridized carbons (Fsp3) is 0.600. The number of amides is 1. The average molecular weight is 259 g/mol. The topological polar surface area (TPSA) is 68.0 Å². The van der Waals surface area contributed by atoms with Crippen LogP contribution in [0.5, 0.6) is 0 Å². The van der Waals surface area contributed by atoms with Gasteiger partial charge in [-0.25, -0.2) is 0 Å². The lowest BCUT2D eigenvalue weighted by Crippen LogP contribution is -2.45. The molecule has 4 nitrogen and oxygen atoms in total. The van der Waals surface area contributed by atoms with Crippen LogP contribution >= 0.6 is 0 Å². The van der Waals surface area contributed by atoms with Crippen LogP contribution in [0.1, 0.15) is 37.9 Å². The summed E-state index contributed by atoms with van der Waals surface area (Å²) in [6.07, 6.45) is 5.25. The summed E-state index contributed by atoms with van der Waals surface area (Å²) in [5.74, 6) is 1.17. The second-order valence-corrected chi connectivity index (χ2v) is 5.92. The number of carbonyl (C=O) groups is 1. The van der Waals surface area contributed by atoms with Gasteiger partial charge in [0.25, 0.3) is 0 Å². The maximum absolute atomic E-state index is 12.4. The first kappa shape index (κ1) is 12.6. The third-order valence-corrected chi connectivity index (χ3v) is 4.77. The first-order chi connectivity index (χ1) is 9.16. The lowest BCUT2D eigenvalue weighted by Gasteiger charge is -2.28. The number of aromatic nitrogens is 1. The molecule has 0 spiro atoms. The number of rotatable bonds is 3. The van der Waals surface area contributed by atoms with E-state index in [1.807, 2.05) is 25.1 Å². The van der Waals surface area contributed by atoms with Crippen LogP contribution in [-0.2, 0) is 4.79 Å². The monoisotopic (exact) mass is 259 g/mol. The Balaban J connectivity index is 1.66. The normalized spacial score (nSPS) is 34.2. The SMILES string of the molecule is C[C@@H](NC(=O)C1C2CCC(C2)C1N)c1ccccn1. The lowest BCUT2D eigenvalue weighted by atomic mass is 9.84. The molecule has 2 saturated carbocycles. The van der Waals surface area contributed by atoms with E-state index in [0.717, 1.165) is 18.5 Å². The molecule has 1 aromatic rings. The van der Waals surface area contributed by atoms with Crippen LogP contribution in [-0.4, -0.2) is 16.9 Å². The Bertz CT molecular complexity index is 460. The van der Waals surface area contributed by atoms with Crippen molar-refractivity contribution in [1.29, 1.82) is 0 Å². The molecule has 19 heavy (non-hydrogen) atoms. The van der Waals surface area contributed by atoms with Crippen LogP contribution in [0.3, 0.4) is 0 Å². The molecule has 0 saturated heterocycles. The summed E-state index contributed by atoms with van der Waals surface area (Å²) in [6.45, 7) is 1.97. The fourth-order valence-corrected chi connectivity index (χ4v) is 3.74. The predicted molar refractivity (Wildman–Crippen MR) is 73.1 cm³/mol. The highest BCUT2D eigenvalue weighted by molar-refractivity contribution is 5.80. The number of hydrogen-bond donors (Lipinski definition) is 2. The van der Waals surface area contributed by atoms with E-state index in [-0.39, 0.29) is 23.9 Å². The molecule has 4 heteroatoms. The molecule has 1 heterocycles. The van der Waals surface area contributed by atoms with Crippen molar-refractivity contribution in [3.05, 3.63) is 30.1 Å². The summed E-state index contributed by atoms with van der Waals surface area (Å²) < 4.78 is 0. The standard InChI is InChI=1S/C15H21N3O/c1-9(12-4-2-3-7-17-12)18-15(19)13-10-5-6-11(8-10)14(13)16/h2-4,7,9-11,13-14H,5-6,8,16H2,1H3,(H,18,19)/t9-,10?,11?,13?,14?/m1/s1. The zero-order valence-corrected chi connectivity index (χ0v) is 11.3. The van der Waals surface area contributed by atoms with Crippen molar-refractivity contribution in [2.24, 2.45) is 23.5 Å². The van der Waals surface area contributed by atoms with E-state index in [1.165, 1.54) is 6.42 Å². The molecule has 0 radical (unpaired) electrons. The largest absolute Gasteiger partial charge is 0.348 e. The molecule has 3 N–H and O–H groups in total. The van der Waals surface area contributed by atoms with Crippen molar-refractivity contribution in [3.8, 4) is 0 Å². The van der Waals surface area contributed by atoms with Crippen LogP contribution in [0.4, 0.5) is 0 Å². The predicted octanol–water partition coefficient (Wildman–Crippen LogP) is 1.63. The minimum atomic E-state index is -0.0555. The highest BCUT2D eigenvalue weighted by atomic mass is 16.2. The number of fused-ring (bicyclic) bond motifs is 2. The van der Waals surface area contributed by atoms with Crippen LogP contribution in [0.15, 0.2) is 24.4 Å². The minimum absolute atomic E-state index is 0.00455. The third-order valence-electron chi connectivity index (χ3n) is 4.77. The Morgan fingerprint density at radius 3 is 2.84 bits per heavy atom. The molecule has 2 aliphatic rings. The first-order valence-corrected chi connectivity index (χ1v) is 7.13. The van der Waals surface area contributed by atoms with E-state index in [1.54, 1.807) is 6.20 Å². The molecular weight excluding hydrogens is 238 g/mol. The number of nitrogens with zero attached hydrogens (tertiary/aromatic N) is 1. The van der Waals surface area contributed by atoms with Crippen LogP contribution in [0, 0.1) is 17.8 Å². The maximum atomic E-state index is 12.4. The second-order valence-electron chi connectivity index (χ2n) is 5.92. The van der Waals surface area contributed by atoms with E-state index in [0.29, 0.717) is 11.8 Å². The van der Waals surface area contributed by atoms with Crippen molar-refractivity contribution in [3.63, 3.8) is 0 Å². The van der Waals surface area contributed by atoms with E-state index >= 15 is 0 Å². The Labute approximate surface area is 113 Å². The molecule has 1 amide bonds. The van der Waals surface area contributed by atoms with Gasteiger partial charge in [0.05, 0.1) is 17.7 Å². The summed E-state index contributed by atoms with van der Waals surface area (Å²) in [4.78, 5) is 16.7. The van der Waals surface area contributed by atoms with Gasteiger partial charge in [-0.3, -0.25) is 9.78 Å². The molecule has 2 bridgehead atoms. The van der Waals surface area contributed by atoms with Gasteiger partial charge in [0.15, 0.2) is 0 Å². The van der Waals surface area contributed by atoms with Crippen LogP contribution < -0.4 is 11.1 Å². The Kier molecular flexibility index (Phi) is 3.27. The van der Waals surface area contributed by atoms with Gasteiger partial charge in [-0.15, -0.1) is 0 Å². The lowest BCUT2D eigenvalue weighted by molar-refractivity contribution is -0.127. The molecule has 4 unspecified atom stereocenters. The van der Waals surface area contributed by atoms with Crippen molar-refractivity contribution < 1.29 is 4.79 Å². The molecule has 1 aromatic heterocycles. The van der Waals surface area contributed by atoms with Gasteiger partial charge >= 0.3 is 0 Å². The van der Waals surface area contributed by atoms with Crippen molar-refractivity contribution in [1.82, 2.24) is 10.3 Å². The van der Waals surface area contributed by atoms with Gasteiger partial charge in [0, 0.05) is 12.2 Å². The summed E-state index contributed by atoms with van der Waals surface area (Å²) in [5, 5.41) is 3.07. The van der Waals surface area contributed by atoms with Crippen molar-refractivity contribution in [2.45, 2.75) is 38.3 Å². The number of carbonyl (C=O) groups excluding carboxylic acids is 1. The second kappa shape index (κ2) is 4.93. The van der Waals surface area contributed by atoms with Crippen LogP contribution in [0.25, 0.3) is 0 Å². The zero-order chi connectivity index (χ0) is 13.4. The van der Waals surface area contributed by atoms with E-state index in [4.69, 9.17) is 5.73 Å². The van der Waals surface area contributed by atoms with Gasteiger partial charge in [-0.2, -0.15) is 0 Å². The summed E-state index contributed by atoms with van der Waals surface area (Å²) >= 11 is 0. The van der Waals surface area contributed by atoms with Crippen molar-refractivity contribution in [2.75, 3.05) is 0 Å². The number of nitrogens with one attached hydrogen (secondary N) is 1. The van der Waals surface area contributed by atoms with Gasteiger partial charge in [-0.05, 0) is 50.2 Å². The average Bonchev–Trinajstić information content (AvgIpc) is 3.00. The Morgan fingerprint density at radius 2 is 2.21 bits per heavy atom. The molecule has 0 aliphatic heterocycles. The quantitative estimate of drug-likeness (QED) is 0.867. The van der Waals surface area contributed by atoms with Gasteiger partial charge in [-0.1, -0.05) is 6.07 Å². The minimum Gasteiger partial charge on any atom is -0.348 e. The molecule has 0 aromatic carbocycles. The van der Waals surface area contributed by atoms with Crippen molar-refractivity contribution >= 4 is 5.91 Å². The van der Waals surface area contributed by atoms with Crippen LogP contribution in [0.2, 0.25) is 0 Å². The maximum Gasteiger partial charge on any atom is 0.225 e. The molecule has 5 atom stereocenters. The van der Waals surface area contributed by atoms with E-state index in [2.05, 4.69) is 10.3 Å². The van der Waals surface area contributed by atoms with E-state index < -0.39 is 0 Å². The van der Waals surface area contributed by atoms with Gasteiger partial charge in [0.2, 0.25) is 5.91 Å². The smallest absolute Gasteiger partial charge is 0.225 e. The third kappa shape index (κ3) is 2.25.